The predicted octanol–water partition coefficient (Wildman–Crippen LogP) is 0.570. The normalized spacial score (nSPS) is 13.6. The van der Waals surface area contributed by atoms with Gasteiger partial charge in [0.05, 0.1) is 18.6 Å². The molecule has 0 fully saturated rings. The van der Waals surface area contributed by atoms with Gasteiger partial charge in [0, 0.05) is 11.8 Å². The summed E-state index contributed by atoms with van der Waals surface area (Å²) in [5, 5.41) is 36.2. The van der Waals surface area contributed by atoms with E-state index in [0.29, 0.717) is 11.1 Å². The summed E-state index contributed by atoms with van der Waals surface area (Å²) < 4.78 is 0. The minimum atomic E-state index is -1.15. The average molecular weight is 217 g/mol. The molecule has 1 aromatic heterocycles. The van der Waals surface area contributed by atoms with E-state index in [-0.39, 0.29) is 12.1 Å². The lowest BCUT2D eigenvalue weighted by atomic mass is 10.0. The minimum absolute atomic E-state index is 0.153. The number of hydrogen-bond acceptors (Lipinski definition) is 5. The molecule has 5 heteroatoms. The third kappa shape index (κ3) is 2.54. The summed E-state index contributed by atoms with van der Waals surface area (Å²) in [6.45, 7) is 1.69. The molecule has 2 unspecified atom stereocenters. The third-order valence-corrected chi connectivity index (χ3v) is 2.21. The maximum absolute atomic E-state index is 9.68. The van der Waals surface area contributed by atoms with Crippen molar-refractivity contribution < 1.29 is 10.2 Å². The lowest BCUT2D eigenvalue weighted by Gasteiger charge is -2.15. The van der Waals surface area contributed by atoms with Crippen molar-refractivity contribution in [1.29, 1.82) is 10.5 Å². The molecular weight excluding hydrogens is 206 g/mol. The molecule has 1 aromatic rings. The first-order chi connectivity index (χ1) is 7.60. The zero-order valence-electron chi connectivity index (χ0n) is 8.75. The van der Waals surface area contributed by atoms with Crippen LogP contribution in [0.15, 0.2) is 12.3 Å². The summed E-state index contributed by atoms with van der Waals surface area (Å²) in [6, 6.07) is 5.26. The Balaban J connectivity index is 2.94. The van der Waals surface area contributed by atoms with Gasteiger partial charge in [0.15, 0.2) is 0 Å². The maximum atomic E-state index is 9.68. The van der Waals surface area contributed by atoms with Crippen molar-refractivity contribution in [3.8, 4) is 12.1 Å². The van der Waals surface area contributed by atoms with E-state index in [1.807, 2.05) is 6.07 Å². The van der Waals surface area contributed by atoms with Crippen LogP contribution < -0.4 is 0 Å². The molecule has 0 aliphatic carbocycles. The zero-order chi connectivity index (χ0) is 12.1. The third-order valence-electron chi connectivity index (χ3n) is 2.21. The molecule has 0 spiro atoms. The standard InChI is InChI=1S/C11H11N3O2/c1-7-4-8(6-14-9(7)5-13)11(16)10(15)2-3-12/h4,6,10-11,15-16H,2H2,1H3. The molecule has 1 rings (SSSR count). The predicted molar refractivity (Wildman–Crippen MR) is 54.9 cm³/mol. The lowest BCUT2D eigenvalue weighted by molar-refractivity contribution is 0.0214. The Morgan fingerprint density at radius 1 is 1.44 bits per heavy atom. The van der Waals surface area contributed by atoms with Gasteiger partial charge in [-0.15, -0.1) is 0 Å². The van der Waals surface area contributed by atoms with Gasteiger partial charge in [0.25, 0.3) is 0 Å². The van der Waals surface area contributed by atoms with Gasteiger partial charge in [0.2, 0.25) is 0 Å². The monoisotopic (exact) mass is 217 g/mol. The molecule has 1 heterocycles. The second kappa shape index (κ2) is 5.22. The highest BCUT2D eigenvalue weighted by atomic mass is 16.3. The van der Waals surface area contributed by atoms with Gasteiger partial charge in [0.1, 0.15) is 17.9 Å². The van der Waals surface area contributed by atoms with Crippen molar-refractivity contribution in [3.63, 3.8) is 0 Å². The van der Waals surface area contributed by atoms with E-state index in [0.717, 1.165) is 0 Å². The molecule has 82 valence electrons. The molecule has 0 amide bonds. The van der Waals surface area contributed by atoms with E-state index >= 15 is 0 Å². The van der Waals surface area contributed by atoms with Crippen LogP contribution in [0.5, 0.6) is 0 Å². The summed E-state index contributed by atoms with van der Waals surface area (Å²) in [4.78, 5) is 3.85. The quantitative estimate of drug-likeness (QED) is 0.770. The van der Waals surface area contributed by atoms with Gasteiger partial charge >= 0.3 is 0 Å². The average Bonchev–Trinajstić information content (AvgIpc) is 2.28. The van der Waals surface area contributed by atoms with Crippen LogP contribution in [-0.2, 0) is 0 Å². The molecule has 0 aliphatic rings. The van der Waals surface area contributed by atoms with Crippen LogP contribution in [0.1, 0.15) is 29.3 Å². The van der Waals surface area contributed by atoms with E-state index in [9.17, 15) is 10.2 Å². The van der Waals surface area contributed by atoms with Crippen LogP contribution in [0.4, 0.5) is 0 Å². The fraction of sp³-hybridized carbons (Fsp3) is 0.364. The van der Waals surface area contributed by atoms with Crippen molar-refractivity contribution in [2.24, 2.45) is 0 Å². The van der Waals surface area contributed by atoms with E-state index in [4.69, 9.17) is 10.5 Å². The molecule has 0 saturated carbocycles. The highest BCUT2D eigenvalue weighted by Crippen LogP contribution is 2.19. The van der Waals surface area contributed by atoms with Gasteiger partial charge in [-0.25, -0.2) is 4.98 Å². The molecule has 0 aliphatic heterocycles. The van der Waals surface area contributed by atoms with Crippen LogP contribution in [0.2, 0.25) is 0 Å². The molecule has 0 aromatic carbocycles. The van der Waals surface area contributed by atoms with E-state index in [1.165, 1.54) is 6.20 Å². The Morgan fingerprint density at radius 3 is 2.62 bits per heavy atom. The van der Waals surface area contributed by atoms with Crippen LogP contribution in [-0.4, -0.2) is 21.3 Å². The van der Waals surface area contributed by atoms with Gasteiger partial charge in [-0.2, -0.15) is 10.5 Å². The number of pyridine rings is 1. The minimum Gasteiger partial charge on any atom is -0.389 e. The number of hydrogen-bond donors (Lipinski definition) is 2. The van der Waals surface area contributed by atoms with Crippen LogP contribution in [0.25, 0.3) is 0 Å². The molecule has 5 nitrogen and oxygen atoms in total. The number of nitriles is 2. The number of nitrogens with zero attached hydrogens (tertiary/aromatic N) is 3. The van der Waals surface area contributed by atoms with E-state index in [1.54, 1.807) is 19.1 Å². The zero-order valence-corrected chi connectivity index (χ0v) is 8.75. The smallest absolute Gasteiger partial charge is 0.143 e. The fourth-order valence-corrected chi connectivity index (χ4v) is 1.30. The van der Waals surface area contributed by atoms with Crippen LogP contribution in [0.3, 0.4) is 0 Å². The number of aliphatic hydroxyl groups excluding tert-OH is 2. The second-order valence-electron chi connectivity index (χ2n) is 3.42. The number of aryl methyl sites for hydroxylation is 1. The maximum Gasteiger partial charge on any atom is 0.143 e. The largest absolute Gasteiger partial charge is 0.389 e. The molecular formula is C11H11N3O2. The first-order valence-electron chi connectivity index (χ1n) is 4.70. The molecule has 2 atom stereocenters. The molecule has 16 heavy (non-hydrogen) atoms. The van der Waals surface area contributed by atoms with Crippen LogP contribution in [0, 0.1) is 29.6 Å². The van der Waals surface area contributed by atoms with Crippen molar-refractivity contribution >= 4 is 0 Å². The van der Waals surface area contributed by atoms with Crippen molar-refractivity contribution in [2.75, 3.05) is 0 Å². The number of aromatic nitrogens is 1. The summed E-state index contributed by atoms with van der Waals surface area (Å²) in [5.41, 5.74) is 1.31. The summed E-state index contributed by atoms with van der Waals surface area (Å²) >= 11 is 0. The van der Waals surface area contributed by atoms with Crippen molar-refractivity contribution in [3.05, 3.63) is 29.1 Å². The van der Waals surface area contributed by atoms with Gasteiger partial charge in [-0.05, 0) is 18.6 Å². The SMILES string of the molecule is Cc1cc(C(O)C(O)CC#N)cnc1C#N. The highest BCUT2D eigenvalue weighted by molar-refractivity contribution is 5.33. The van der Waals surface area contributed by atoms with Crippen LogP contribution >= 0.6 is 0 Å². The molecule has 0 bridgehead atoms. The fourth-order valence-electron chi connectivity index (χ4n) is 1.30. The Hall–Kier alpha value is -1.95. The van der Waals surface area contributed by atoms with Gasteiger partial charge in [-0.3, -0.25) is 0 Å². The van der Waals surface area contributed by atoms with Crippen molar-refractivity contribution in [2.45, 2.75) is 25.6 Å². The molecule has 0 radical (unpaired) electrons. The second-order valence-corrected chi connectivity index (χ2v) is 3.42. The summed E-state index contributed by atoms with van der Waals surface area (Å²) in [6.07, 6.45) is -1.12. The first kappa shape index (κ1) is 12.1. The lowest BCUT2D eigenvalue weighted by Crippen LogP contribution is -2.17. The highest BCUT2D eigenvalue weighted by Gasteiger charge is 2.19. The van der Waals surface area contributed by atoms with Gasteiger partial charge < -0.3 is 10.2 Å². The van der Waals surface area contributed by atoms with E-state index < -0.39 is 12.2 Å². The topological polar surface area (TPSA) is 101 Å². The Labute approximate surface area is 93.2 Å². The Bertz CT molecular complexity index is 459. The molecule has 0 saturated heterocycles. The summed E-state index contributed by atoms with van der Waals surface area (Å²) in [5.74, 6) is 0. The molecule has 2 N–H and O–H groups in total. The Morgan fingerprint density at radius 2 is 2.12 bits per heavy atom. The number of aliphatic hydroxyl groups is 2. The van der Waals surface area contributed by atoms with Crippen molar-refractivity contribution in [1.82, 2.24) is 4.98 Å². The Kier molecular flexibility index (Phi) is 3.96. The van der Waals surface area contributed by atoms with Gasteiger partial charge in [-0.1, -0.05) is 0 Å². The number of rotatable bonds is 3. The first-order valence-corrected chi connectivity index (χ1v) is 4.70. The van der Waals surface area contributed by atoms with E-state index in [2.05, 4.69) is 4.98 Å². The summed E-state index contributed by atoms with van der Waals surface area (Å²) in [7, 11) is 0.